The Morgan fingerprint density at radius 2 is 1.80 bits per heavy atom. The van der Waals surface area contributed by atoms with E-state index < -0.39 is 6.04 Å². The van der Waals surface area contributed by atoms with E-state index in [1.807, 2.05) is 39.0 Å². The SMILES string of the molecule is CCCNC(=O)[C@@H](C)NC(=O)Nc1c(C)cccc1C. The van der Waals surface area contributed by atoms with Crippen molar-refractivity contribution >= 4 is 17.6 Å². The number of aryl methyl sites for hydroxylation is 2. The highest BCUT2D eigenvalue weighted by molar-refractivity contribution is 5.94. The molecule has 20 heavy (non-hydrogen) atoms. The van der Waals surface area contributed by atoms with E-state index in [0.717, 1.165) is 23.2 Å². The zero-order chi connectivity index (χ0) is 15.1. The molecule has 0 radical (unpaired) electrons. The van der Waals surface area contributed by atoms with Crippen molar-refractivity contribution in [3.8, 4) is 0 Å². The fourth-order valence-electron chi connectivity index (χ4n) is 1.82. The molecule has 0 saturated carbocycles. The second kappa shape index (κ2) is 7.53. The average molecular weight is 277 g/mol. The van der Waals surface area contributed by atoms with Gasteiger partial charge in [-0.2, -0.15) is 0 Å². The summed E-state index contributed by atoms with van der Waals surface area (Å²) in [6, 6.07) is 4.86. The minimum absolute atomic E-state index is 0.177. The molecule has 110 valence electrons. The van der Waals surface area contributed by atoms with Crippen LogP contribution in [0.5, 0.6) is 0 Å². The molecule has 0 aliphatic heterocycles. The summed E-state index contributed by atoms with van der Waals surface area (Å²) in [6.45, 7) is 8.12. The molecule has 0 bridgehead atoms. The Labute approximate surface area is 120 Å². The Morgan fingerprint density at radius 1 is 1.20 bits per heavy atom. The number of amides is 3. The zero-order valence-electron chi connectivity index (χ0n) is 12.5. The number of carbonyl (C=O) groups excluding carboxylic acids is 2. The third-order valence-corrected chi connectivity index (χ3v) is 3.01. The molecule has 0 aromatic heterocycles. The lowest BCUT2D eigenvalue weighted by molar-refractivity contribution is -0.122. The molecule has 1 atom stereocenters. The fraction of sp³-hybridized carbons (Fsp3) is 0.467. The Balaban J connectivity index is 2.57. The van der Waals surface area contributed by atoms with Crippen LogP contribution < -0.4 is 16.0 Å². The second-order valence-corrected chi connectivity index (χ2v) is 4.88. The van der Waals surface area contributed by atoms with E-state index in [-0.39, 0.29) is 11.9 Å². The van der Waals surface area contributed by atoms with Gasteiger partial charge in [0.25, 0.3) is 0 Å². The first kappa shape index (κ1) is 16.0. The van der Waals surface area contributed by atoms with Gasteiger partial charge in [0.15, 0.2) is 0 Å². The third kappa shape index (κ3) is 4.57. The third-order valence-electron chi connectivity index (χ3n) is 3.01. The highest BCUT2D eigenvalue weighted by Gasteiger charge is 2.15. The summed E-state index contributed by atoms with van der Waals surface area (Å²) in [4.78, 5) is 23.6. The lowest BCUT2D eigenvalue weighted by Crippen LogP contribution is -2.46. The van der Waals surface area contributed by atoms with Gasteiger partial charge >= 0.3 is 6.03 Å². The molecule has 0 aliphatic rings. The molecular formula is C15H23N3O2. The molecule has 5 nitrogen and oxygen atoms in total. The Bertz CT molecular complexity index is 466. The van der Waals surface area contributed by atoms with Crippen LogP contribution in [0.25, 0.3) is 0 Å². The minimum atomic E-state index is -0.564. The first-order valence-electron chi connectivity index (χ1n) is 6.87. The lowest BCUT2D eigenvalue weighted by Gasteiger charge is -2.16. The van der Waals surface area contributed by atoms with E-state index in [0.29, 0.717) is 6.54 Å². The van der Waals surface area contributed by atoms with Crippen molar-refractivity contribution in [1.82, 2.24) is 10.6 Å². The quantitative estimate of drug-likeness (QED) is 0.773. The highest BCUT2D eigenvalue weighted by atomic mass is 16.2. The van der Waals surface area contributed by atoms with Gasteiger partial charge < -0.3 is 16.0 Å². The van der Waals surface area contributed by atoms with E-state index in [9.17, 15) is 9.59 Å². The van der Waals surface area contributed by atoms with Crippen molar-refractivity contribution in [1.29, 1.82) is 0 Å². The normalized spacial score (nSPS) is 11.6. The molecular weight excluding hydrogens is 254 g/mol. The maximum absolute atomic E-state index is 11.9. The number of urea groups is 1. The molecule has 3 N–H and O–H groups in total. The van der Waals surface area contributed by atoms with Gasteiger partial charge in [-0.1, -0.05) is 25.1 Å². The number of benzene rings is 1. The standard InChI is InChI=1S/C15H23N3O2/c1-5-9-16-14(19)12(4)17-15(20)18-13-10(2)7-6-8-11(13)3/h6-8,12H,5,9H2,1-4H3,(H,16,19)(H2,17,18,20)/t12-/m1/s1. The molecule has 5 heteroatoms. The van der Waals surface area contributed by atoms with E-state index >= 15 is 0 Å². The molecule has 1 aromatic carbocycles. The number of carbonyl (C=O) groups is 2. The van der Waals surface area contributed by atoms with Crippen molar-refractivity contribution in [3.63, 3.8) is 0 Å². The van der Waals surface area contributed by atoms with Crippen LogP contribution in [-0.4, -0.2) is 24.5 Å². The van der Waals surface area contributed by atoms with Crippen LogP contribution in [0.15, 0.2) is 18.2 Å². The Hall–Kier alpha value is -2.04. The van der Waals surface area contributed by atoms with Crippen LogP contribution >= 0.6 is 0 Å². The van der Waals surface area contributed by atoms with E-state index in [4.69, 9.17) is 0 Å². The van der Waals surface area contributed by atoms with Crippen LogP contribution in [-0.2, 0) is 4.79 Å². The smallest absolute Gasteiger partial charge is 0.319 e. The van der Waals surface area contributed by atoms with Gasteiger partial charge in [0, 0.05) is 12.2 Å². The molecule has 0 saturated heterocycles. The van der Waals surface area contributed by atoms with Crippen LogP contribution in [0.2, 0.25) is 0 Å². The fourth-order valence-corrected chi connectivity index (χ4v) is 1.82. The van der Waals surface area contributed by atoms with Crippen molar-refractivity contribution < 1.29 is 9.59 Å². The maximum atomic E-state index is 11.9. The molecule has 3 amide bonds. The molecule has 0 fully saturated rings. The van der Waals surface area contributed by atoms with Gasteiger partial charge in [-0.05, 0) is 38.3 Å². The number of nitrogens with one attached hydrogen (secondary N) is 3. The minimum Gasteiger partial charge on any atom is -0.354 e. The summed E-state index contributed by atoms with van der Waals surface area (Å²) in [7, 11) is 0. The second-order valence-electron chi connectivity index (χ2n) is 4.88. The van der Waals surface area contributed by atoms with Crippen molar-refractivity contribution in [2.24, 2.45) is 0 Å². The van der Waals surface area contributed by atoms with Crippen molar-refractivity contribution in [2.75, 3.05) is 11.9 Å². The molecule has 0 heterocycles. The van der Waals surface area contributed by atoms with Gasteiger partial charge in [0.05, 0.1) is 0 Å². The van der Waals surface area contributed by atoms with E-state index in [2.05, 4.69) is 16.0 Å². The molecule has 0 aliphatic carbocycles. The summed E-state index contributed by atoms with van der Waals surface area (Å²) in [5, 5.41) is 8.16. The van der Waals surface area contributed by atoms with Gasteiger partial charge in [-0.25, -0.2) is 4.79 Å². The average Bonchev–Trinajstić information content (AvgIpc) is 2.40. The Kier molecular flexibility index (Phi) is 6.03. The Morgan fingerprint density at radius 3 is 2.35 bits per heavy atom. The monoisotopic (exact) mass is 277 g/mol. The summed E-state index contributed by atoms with van der Waals surface area (Å²) < 4.78 is 0. The van der Waals surface area contributed by atoms with Crippen LogP contribution in [0, 0.1) is 13.8 Å². The first-order valence-corrected chi connectivity index (χ1v) is 6.87. The van der Waals surface area contributed by atoms with Gasteiger partial charge in [-0.3, -0.25) is 4.79 Å². The predicted octanol–water partition coefficient (Wildman–Crippen LogP) is 2.34. The van der Waals surface area contributed by atoms with E-state index in [1.165, 1.54) is 0 Å². The predicted molar refractivity (Wildman–Crippen MR) is 80.8 cm³/mol. The molecule has 0 spiro atoms. The number of para-hydroxylation sites is 1. The van der Waals surface area contributed by atoms with Crippen molar-refractivity contribution in [2.45, 2.75) is 40.2 Å². The topological polar surface area (TPSA) is 70.2 Å². The molecule has 1 rings (SSSR count). The summed E-state index contributed by atoms with van der Waals surface area (Å²) in [6.07, 6.45) is 0.868. The number of anilines is 1. The van der Waals surface area contributed by atoms with Crippen LogP contribution in [0.3, 0.4) is 0 Å². The lowest BCUT2D eigenvalue weighted by atomic mass is 10.1. The zero-order valence-corrected chi connectivity index (χ0v) is 12.5. The number of rotatable bonds is 5. The van der Waals surface area contributed by atoms with Crippen molar-refractivity contribution in [3.05, 3.63) is 29.3 Å². The highest BCUT2D eigenvalue weighted by Crippen LogP contribution is 2.19. The summed E-state index contributed by atoms with van der Waals surface area (Å²) >= 11 is 0. The number of hydrogen-bond acceptors (Lipinski definition) is 2. The summed E-state index contributed by atoms with van der Waals surface area (Å²) in [5.41, 5.74) is 2.76. The summed E-state index contributed by atoms with van der Waals surface area (Å²) in [5.74, 6) is -0.177. The van der Waals surface area contributed by atoms with Gasteiger partial charge in [0.1, 0.15) is 6.04 Å². The largest absolute Gasteiger partial charge is 0.354 e. The maximum Gasteiger partial charge on any atom is 0.319 e. The molecule has 0 unspecified atom stereocenters. The van der Waals surface area contributed by atoms with Gasteiger partial charge in [0.2, 0.25) is 5.91 Å². The van der Waals surface area contributed by atoms with Crippen LogP contribution in [0.4, 0.5) is 10.5 Å². The van der Waals surface area contributed by atoms with Crippen LogP contribution in [0.1, 0.15) is 31.4 Å². The number of hydrogen-bond donors (Lipinski definition) is 3. The van der Waals surface area contributed by atoms with E-state index in [1.54, 1.807) is 6.92 Å². The molecule has 1 aromatic rings. The first-order chi connectivity index (χ1) is 9.45. The van der Waals surface area contributed by atoms with Gasteiger partial charge in [-0.15, -0.1) is 0 Å².